The first-order chi connectivity index (χ1) is 14.0. The standard InChI is InChI=1S/C22H25N3O4/c1-28-19-9-8-16(11-20(19)29-17-4-2-3-5-17)25-13-14-6-7-15(24-12-21(23)26)10-18(14)22(25)27/h6-11,17,24H,2-5,12-13H2,1H3,(H2,23,26). The summed E-state index contributed by atoms with van der Waals surface area (Å²) >= 11 is 0. The SMILES string of the molecule is COc1ccc(N2Cc3ccc(NCC(N)=O)cc3C2=O)cc1OC1CCCC1. The maximum Gasteiger partial charge on any atom is 0.259 e. The molecule has 1 saturated carbocycles. The number of rotatable bonds is 7. The Hall–Kier alpha value is -3.22. The maximum absolute atomic E-state index is 13.0. The Bertz CT molecular complexity index is 938. The number of primary amides is 1. The van der Waals surface area contributed by atoms with E-state index in [4.69, 9.17) is 15.2 Å². The average Bonchev–Trinajstić information content (AvgIpc) is 3.34. The molecule has 4 rings (SSSR count). The van der Waals surface area contributed by atoms with Crippen LogP contribution in [0.15, 0.2) is 36.4 Å². The molecule has 0 saturated heterocycles. The highest BCUT2D eigenvalue weighted by Gasteiger charge is 2.30. The highest BCUT2D eigenvalue weighted by molar-refractivity contribution is 6.10. The first kappa shape index (κ1) is 19.1. The second kappa shape index (κ2) is 8.03. The highest BCUT2D eigenvalue weighted by Crippen LogP contribution is 2.37. The fourth-order valence-electron chi connectivity index (χ4n) is 3.92. The number of nitrogens with zero attached hydrogens (tertiary/aromatic N) is 1. The van der Waals surface area contributed by atoms with Gasteiger partial charge >= 0.3 is 0 Å². The Morgan fingerprint density at radius 3 is 2.69 bits per heavy atom. The van der Waals surface area contributed by atoms with E-state index in [0.29, 0.717) is 29.3 Å². The van der Waals surface area contributed by atoms with Crippen LogP contribution >= 0.6 is 0 Å². The van der Waals surface area contributed by atoms with E-state index in [1.165, 1.54) is 12.8 Å². The lowest BCUT2D eigenvalue weighted by Gasteiger charge is -2.20. The van der Waals surface area contributed by atoms with Gasteiger partial charge in [-0.15, -0.1) is 0 Å². The molecule has 0 atom stereocenters. The van der Waals surface area contributed by atoms with Crippen LogP contribution in [-0.2, 0) is 11.3 Å². The Morgan fingerprint density at radius 1 is 1.17 bits per heavy atom. The molecule has 7 nitrogen and oxygen atoms in total. The molecular formula is C22H25N3O4. The first-order valence-corrected chi connectivity index (χ1v) is 9.87. The molecular weight excluding hydrogens is 370 g/mol. The number of ether oxygens (including phenoxy) is 2. The van der Waals surface area contributed by atoms with E-state index >= 15 is 0 Å². The van der Waals surface area contributed by atoms with Crippen molar-refractivity contribution in [2.24, 2.45) is 5.73 Å². The summed E-state index contributed by atoms with van der Waals surface area (Å²) in [5.41, 5.74) is 8.20. The molecule has 152 valence electrons. The smallest absolute Gasteiger partial charge is 0.259 e. The van der Waals surface area contributed by atoms with Gasteiger partial charge in [-0.05, 0) is 55.5 Å². The normalized spacial score (nSPS) is 16.0. The average molecular weight is 395 g/mol. The van der Waals surface area contributed by atoms with Gasteiger partial charge in [0.1, 0.15) is 0 Å². The monoisotopic (exact) mass is 395 g/mol. The van der Waals surface area contributed by atoms with Crippen molar-refractivity contribution in [1.29, 1.82) is 0 Å². The van der Waals surface area contributed by atoms with Crippen molar-refractivity contribution < 1.29 is 19.1 Å². The molecule has 0 aromatic heterocycles. The third-order valence-corrected chi connectivity index (χ3v) is 5.44. The van der Waals surface area contributed by atoms with E-state index in [0.717, 1.165) is 24.1 Å². The molecule has 1 aliphatic carbocycles. The summed E-state index contributed by atoms with van der Waals surface area (Å²) in [4.78, 5) is 25.7. The lowest BCUT2D eigenvalue weighted by atomic mass is 10.1. The van der Waals surface area contributed by atoms with Crippen molar-refractivity contribution in [2.45, 2.75) is 38.3 Å². The summed E-state index contributed by atoms with van der Waals surface area (Å²) in [6.07, 6.45) is 4.65. The molecule has 7 heteroatoms. The van der Waals surface area contributed by atoms with Gasteiger partial charge in [-0.1, -0.05) is 6.07 Å². The second-order valence-electron chi connectivity index (χ2n) is 7.44. The minimum atomic E-state index is -0.452. The summed E-state index contributed by atoms with van der Waals surface area (Å²) in [6.45, 7) is 0.510. The molecule has 0 spiro atoms. The number of fused-ring (bicyclic) bond motifs is 1. The number of carbonyl (C=O) groups is 2. The molecule has 1 heterocycles. The Kier molecular flexibility index (Phi) is 5.29. The molecule has 0 unspecified atom stereocenters. The largest absolute Gasteiger partial charge is 0.493 e. The quantitative estimate of drug-likeness (QED) is 0.751. The van der Waals surface area contributed by atoms with E-state index in [2.05, 4.69) is 5.32 Å². The molecule has 2 aliphatic rings. The zero-order chi connectivity index (χ0) is 20.4. The predicted octanol–water partition coefficient (Wildman–Crippen LogP) is 3.07. The number of methoxy groups -OCH3 is 1. The topological polar surface area (TPSA) is 93.9 Å². The number of amides is 2. The highest BCUT2D eigenvalue weighted by atomic mass is 16.5. The molecule has 3 N–H and O–H groups in total. The summed E-state index contributed by atoms with van der Waals surface area (Å²) in [5.74, 6) is 0.804. The van der Waals surface area contributed by atoms with Crippen LogP contribution in [0.5, 0.6) is 11.5 Å². The van der Waals surface area contributed by atoms with Gasteiger partial charge in [0.2, 0.25) is 5.91 Å². The van der Waals surface area contributed by atoms with Crippen molar-refractivity contribution in [2.75, 3.05) is 23.9 Å². The predicted molar refractivity (Wildman–Crippen MR) is 111 cm³/mol. The lowest BCUT2D eigenvalue weighted by molar-refractivity contribution is -0.116. The Balaban J connectivity index is 1.56. The van der Waals surface area contributed by atoms with Crippen molar-refractivity contribution >= 4 is 23.2 Å². The van der Waals surface area contributed by atoms with Crippen molar-refractivity contribution in [1.82, 2.24) is 0 Å². The van der Waals surface area contributed by atoms with Gasteiger partial charge in [0.05, 0.1) is 26.3 Å². The van der Waals surface area contributed by atoms with Crippen molar-refractivity contribution in [3.05, 3.63) is 47.5 Å². The van der Waals surface area contributed by atoms with Crippen LogP contribution in [-0.4, -0.2) is 31.6 Å². The van der Waals surface area contributed by atoms with Gasteiger partial charge in [0, 0.05) is 23.0 Å². The Morgan fingerprint density at radius 2 is 1.97 bits per heavy atom. The fourth-order valence-corrected chi connectivity index (χ4v) is 3.92. The van der Waals surface area contributed by atoms with Crippen LogP contribution in [0.3, 0.4) is 0 Å². The molecule has 1 aliphatic heterocycles. The molecule has 0 radical (unpaired) electrons. The molecule has 2 aromatic carbocycles. The van der Waals surface area contributed by atoms with E-state index in [1.54, 1.807) is 18.1 Å². The lowest BCUT2D eigenvalue weighted by Crippen LogP contribution is -2.23. The number of nitrogens with two attached hydrogens (primary N) is 1. The second-order valence-corrected chi connectivity index (χ2v) is 7.44. The first-order valence-electron chi connectivity index (χ1n) is 9.87. The van der Waals surface area contributed by atoms with Crippen molar-refractivity contribution in [3.8, 4) is 11.5 Å². The third kappa shape index (κ3) is 3.99. The number of nitrogens with one attached hydrogen (secondary N) is 1. The van der Waals surface area contributed by atoms with Crippen LogP contribution in [0, 0.1) is 0 Å². The summed E-state index contributed by atoms with van der Waals surface area (Å²) in [6, 6.07) is 11.1. The van der Waals surface area contributed by atoms with Gasteiger partial charge in [-0.3, -0.25) is 9.59 Å². The molecule has 29 heavy (non-hydrogen) atoms. The Labute approximate surface area is 169 Å². The van der Waals surface area contributed by atoms with Crippen LogP contribution < -0.4 is 25.4 Å². The number of benzene rings is 2. The van der Waals surface area contributed by atoms with E-state index in [9.17, 15) is 9.59 Å². The number of anilines is 2. The van der Waals surface area contributed by atoms with Crippen LogP contribution in [0.1, 0.15) is 41.6 Å². The van der Waals surface area contributed by atoms with Crippen molar-refractivity contribution in [3.63, 3.8) is 0 Å². The van der Waals surface area contributed by atoms with E-state index in [1.807, 2.05) is 30.3 Å². The van der Waals surface area contributed by atoms with Crippen LogP contribution in [0.2, 0.25) is 0 Å². The molecule has 0 bridgehead atoms. The van der Waals surface area contributed by atoms with Gasteiger partial charge in [-0.25, -0.2) is 0 Å². The summed E-state index contributed by atoms with van der Waals surface area (Å²) in [5, 5.41) is 2.93. The zero-order valence-corrected chi connectivity index (χ0v) is 16.4. The van der Waals surface area contributed by atoms with E-state index < -0.39 is 5.91 Å². The summed E-state index contributed by atoms with van der Waals surface area (Å²) < 4.78 is 11.6. The van der Waals surface area contributed by atoms with Gasteiger partial charge in [0.15, 0.2) is 11.5 Å². The molecule has 1 fully saturated rings. The van der Waals surface area contributed by atoms with Gasteiger partial charge in [0.25, 0.3) is 5.91 Å². The molecule has 2 amide bonds. The fraction of sp³-hybridized carbons (Fsp3) is 0.364. The van der Waals surface area contributed by atoms with E-state index in [-0.39, 0.29) is 18.6 Å². The zero-order valence-electron chi connectivity index (χ0n) is 16.4. The van der Waals surface area contributed by atoms with Gasteiger partial charge in [-0.2, -0.15) is 0 Å². The molecule has 2 aromatic rings. The van der Waals surface area contributed by atoms with Gasteiger partial charge < -0.3 is 25.4 Å². The van der Waals surface area contributed by atoms with Crippen LogP contribution in [0.25, 0.3) is 0 Å². The number of carbonyl (C=O) groups excluding carboxylic acids is 2. The number of hydrogen-bond acceptors (Lipinski definition) is 5. The number of hydrogen-bond donors (Lipinski definition) is 2. The van der Waals surface area contributed by atoms with Crippen LogP contribution in [0.4, 0.5) is 11.4 Å². The maximum atomic E-state index is 13.0. The third-order valence-electron chi connectivity index (χ3n) is 5.44. The minimum absolute atomic E-state index is 0.0248. The summed E-state index contributed by atoms with van der Waals surface area (Å²) in [7, 11) is 1.62. The minimum Gasteiger partial charge on any atom is -0.493 e.